The monoisotopic (exact) mass is 256 g/mol. The van der Waals surface area contributed by atoms with Gasteiger partial charge in [0.1, 0.15) is 5.82 Å². The summed E-state index contributed by atoms with van der Waals surface area (Å²) in [5, 5.41) is 0. The third-order valence-corrected chi connectivity index (χ3v) is 3.20. The van der Waals surface area contributed by atoms with E-state index in [0.717, 1.165) is 17.9 Å². The molecule has 0 aliphatic rings. The van der Waals surface area contributed by atoms with Crippen LogP contribution in [0, 0.1) is 5.82 Å². The molecular weight excluding hydrogens is 235 g/mol. The number of halogens is 1. The van der Waals surface area contributed by atoms with Gasteiger partial charge in [-0.2, -0.15) is 11.8 Å². The van der Waals surface area contributed by atoms with E-state index in [1.165, 1.54) is 0 Å². The van der Waals surface area contributed by atoms with E-state index in [1.54, 1.807) is 17.8 Å². The van der Waals surface area contributed by atoms with Crippen molar-refractivity contribution in [2.75, 3.05) is 30.5 Å². The van der Waals surface area contributed by atoms with Crippen LogP contribution in [0.1, 0.15) is 12.5 Å². The summed E-state index contributed by atoms with van der Waals surface area (Å²) in [4.78, 5) is 1.95. The molecule has 0 heterocycles. The van der Waals surface area contributed by atoms with Gasteiger partial charge in [0.05, 0.1) is 5.69 Å². The number of rotatable bonds is 6. The topological polar surface area (TPSA) is 29.3 Å². The van der Waals surface area contributed by atoms with Crippen LogP contribution >= 0.6 is 11.8 Å². The molecule has 17 heavy (non-hydrogen) atoms. The van der Waals surface area contributed by atoms with E-state index in [2.05, 4.69) is 6.26 Å². The lowest BCUT2D eigenvalue weighted by Gasteiger charge is -2.20. The smallest absolute Gasteiger partial charge is 0.146 e. The number of benzene rings is 1. The summed E-state index contributed by atoms with van der Waals surface area (Å²) in [6, 6.07) is 5.45. The molecule has 0 radical (unpaired) electrons. The number of hydrogen-bond donors (Lipinski definition) is 1. The van der Waals surface area contributed by atoms with Crippen molar-refractivity contribution in [1.82, 2.24) is 0 Å². The molecule has 0 saturated heterocycles. The van der Waals surface area contributed by atoms with E-state index in [1.807, 2.05) is 31.0 Å². The molecule has 2 nitrogen and oxygen atoms in total. The van der Waals surface area contributed by atoms with Gasteiger partial charge in [-0.25, -0.2) is 4.39 Å². The average molecular weight is 256 g/mol. The van der Waals surface area contributed by atoms with E-state index in [-0.39, 0.29) is 11.9 Å². The van der Waals surface area contributed by atoms with E-state index in [4.69, 9.17) is 5.73 Å². The van der Waals surface area contributed by atoms with E-state index in [0.29, 0.717) is 12.1 Å². The Morgan fingerprint density at radius 1 is 1.47 bits per heavy atom. The van der Waals surface area contributed by atoms with Crippen LogP contribution in [-0.2, 0) is 6.42 Å². The molecule has 0 saturated carbocycles. The van der Waals surface area contributed by atoms with Crippen molar-refractivity contribution in [2.24, 2.45) is 5.73 Å². The average Bonchev–Trinajstić information content (AvgIpc) is 2.25. The summed E-state index contributed by atoms with van der Waals surface area (Å²) in [5.41, 5.74) is 7.32. The molecular formula is C13H21FN2S. The number of hydrogen-bond acceptors (Lipinski definition) is 3. The molecule has 96 valence electrons. The normalized spacial score (nSPS) is 12.5. The van der Waals surface area contributed by atoms with Gasteiger partial charge in [0.2, 0.25) is 0 Å². The molecule has 0 spiro atoms. The maximum absolute atomic E-state index is 13.9. The third-order valence-electron chi connectivity index (χ3n) is 2.61. The van der Waals surface area contributed by atoms with Crippen molar-refractivity contribution < 1.29 is 4.39 Å². The molecule has 0 fully saturated rings. The molecule has 2 N–H and O–H groups in total. The Balaban J connectivity index is 2.74. The Labute approximate surface area is 107 Å². The molecule has 0 amide bonds. The van der Waals surface area contributed by atoms with E-state index >= 15 is 0 Å². The zero-order valence-electron chi connectivity index (χ0n) is 10.7. The molecule has 1 unspecified atom stereocenters. The second-order valence-electron chi connectivity index (χ2n) is 4.38. The molecule has 1 aromatic carbocycles. The standard InChI is InChI=1S/C13H21FN2S/c1-10(15)8-11-4-5-13(12(14)9-11)16(2)6-7-17-3/h4-5,9-10H,6-8,15H2,1-3H3. The zero-order chi connectivity index (χ0) is 12.8. The van der Waals surface area contributed by atoms with Gasteiger partial charge >= 0.3 is 0 Å². The number of thioether (sulfide) groups is 1. The SMILES string of the molecule is CSCCN(C)c1ccc(CC(C)N)cc1F. The Kier molecular flexibility index (Phi) is 5.78. The van der Waals surface area contributed by atoms with Crippen molar-refractivity contribution in [3.05, 3.63) is 29.6 Å². The quantitative estimate of drug-likeness (QED) is 0.848. The first-order valence-corrected chi connectivity index (χ1v) is 7.18. The second kappa shape index (κ2) is 6.87. The zero-order valence-corrected chi connectivity index (χ0v) is 11.6. The van der Waals surface area contributed by atoms with Crippen LogP contribution in [0.4, 0.5) is 10.1 Å². The summed E-state index contributed by atoms with van der Waals surface area (Å²) in [6.45, 7) is 2.78. The van der Waals surface area contributed by atoms with Crippen LogP contribution in [0.25, 0.3) is 0 Å². The van der Waals surface area contributed by atoms with E-state index < -0.39 is 0 Å². The molecule has 1 aromatic rings. The highest BCUT2D eigenvalue weighted by molar-refractivity contribution is 7.98. The Morgan fingerprint density at radius 3 is 2.71 bits per heavy atom. The first-order chi connectivity index (χ1) is 8.04. The largest absolute Gasteiger partial charge is 0.371 e. The van der Waals surface area contributed by atoms with Gasteiger partial charge in [0.15, 0.2) is 0 Å². The lowest BCUT2D eigenvalue weighted by Crippen LogP contribution is -2.22. The highest BCUT2D eigenvalue weighted by Crippen LogP contribution is 2.20. The van der Waals surface area contributed by atoms with Crippen LogP contribution in [0.3, 0.4) is 0 Å². The van der Waals surface area contributed by atoms with Gasteiger partial charge in [-0.15, -0.1) is 0 Å². The van der Waals surface area contributed by atoms with Crippen LogP contribution < -0.4 is 10.6 Å². The molecule has 4 heteroatoms. The Morgan fingerprint density at radius 2 is 2.18 bits per heavy atom. The van der Waals surface area contributed by atoms with Crippen molar-refractivity contribution >= 4 is 17.4 Å². The fourth-order valence-electron chi connectivity index (χ4n) is 1.71. The highest BCUT2D eigenvalue weighted by Gasteiger charge is 2.08. The molecule has 0 bridgehead atoms. The van der Waals surface area contributed by atoms with Gasteiger partial charge in [0, 0.05) is 25.4 Å². The fourth-order valence-corrected chi connectivity index (χ4v) is 2.16. The highest BCUT2D eigenvalue weighted by atomic mass is 32.2. The number of nitrogens with zero attached hydrogens (tertiary/aromatic N) is 1. The summed E-state index contributed by atoms with van der Waals surface area (Å²) < 4.78 is 13.9. The van der Waals surface area contributed by atoms with Gasteiger partial charge in [-0.3, -0.25) is 0 Å². The summed E-state index contributed by atoms with van der Waals surface area (Å²) in [5.74, 6) is 0.837. The van der Waals surface area contributed by atoms with Crippen molar-refractivity contribution in [3.8, 4) is 0 Å². The molecule has 0 aromatic heterocycles. The van der Waals surface area contributed by atoms with Gasteiger partial charge < -0.3 is 10.6 Å². The third kappa shape index (κ3) is 4.56. The van der Waals surface area contributed by atoms with Gasteiger partial charge in [0.25, 0.3) is 0 Å². The molecule has 0 aliphatic carbocycles. The van der Waals surface area contributed by atoms with Crippen LogP contribution in [0.2, 0.25) is 0 Å². The van der Waals surface area contributed by atoms with Crippen LogP contribution in [0.15, 0.2) is 18.2 Å². The minimum Gasteiger partial charge on any atom is -0.371 e. The van der Waals surface area contributed by atoms with Crippen molar-refractivity contribution in [1.29, 1.82) is 0 Å². The van der Waals surface area contributed by atoms with E-state index in [9.17, 15) is 4.39 Å². The Bertz CT molecular complexity index is 355. The summed E-state index contributed by atoms with van der Waals surface area (Å²) in [6.07, 6.45) is 2.77. The maximum Gasteiger partial charge on any atom is 0.146 e. The minimum absolute atomic E-state index is 0.0643. The molecule has 1 rings (SSSR count). The van der Waals surface area contributed by atoms with Crippen molar-refractivity contribution in [2.45, 2.75) is 19.4 Å². The lowest BCUT2D eigenvalue weighted by atomic mass is 10.1. The minimum atomic E-state index is -0.160. The summed E-state index contributed by atoms with van der Waals surface area (Å²) in [7, 11) is 1.92. The van der Waals surface area contributed by atoms with Gasteiger partial charge in [-0.05, 0) is 37.3 Å². The first kappa shape index (κ1) is 14.3. The molecule has 0 aliphatic heterocycles. The predicted molar refractivity (Wildman–Crippen MR) is 75.4 cm³/mol. The lowest BCUT2D eigenvalue weighted by molar-refractivity contribution is 0.619. The predicted octanol–water partition coefficient (Wildman–Crippen LogP) is 2.51. The Hall–Kier alpha value is -0.740. The van der Waals surface area contributed by atoms with Crippen LogP contribution in [0.5, 0.6) is 0 Å². The first-order valence-electron chi connectivity index (χ1n) is 5.78. The maximum atomic E-state index is 13.9. The summed E-state index contributed by atoms with van der Waals surface area (Å²) >= 11 is 1.76. The number of nitrogens with two attached hydrogens (primary N) is 1. The number of anilines is 1. The van der Waals surface area contributed by atoms with Crippen LogP contribution in [-0.4, -0.2) is 31.6 Å². The van der Waals surface area contributed by atoms with Crippen molar-refractivity contribution in [3.63, 3.8) is 0 Å². The van der Waals surface area contributed by atoms with Gasteiger partial charge in [-0.1, -0.05) is 6.07 Å². The second-order valence-corrected chi connectivity index (χ2v) is 5.37. The molecule has 1 atom stereocenters. The fraction of sp³-hybridized carbons (Fsp3) is 0.538.